The second-order valence-corrected chi connectivity index (χ2v) is 11.6. The fourth-order valence-electron chi connectivity index (χ4n) is 4.85. The molecule has 3 heterocycles. The summed E-state index contributed by atoms with van der Waals surface area (Å²) in [5.41, 5.74) is 5.24. The summed E-state index contributed by atoms with van der Waals surface area (Å²) in [6, 6.07) is 22.5. The van der Waals surface area contributed by atoms with Gasteiger partial charge in [-0.25, -0.2) is 19.4 Å². The van der Waals surface area contributed by atoms with Crippen molar-refractivity contribution in [1.82, 2.24) is 19.7 Å². The number of para-hydroxylation sites is 1. The van der Waals surface area contributed by atoms with Crippen molar-refractivity contribution >= 4 is 29.5 Å². The Bertz CT molecular complexity index is 2050. The minimum absolute atomic E-state index is 0.156. The zero-order valence-electron chi connectivity index (χ0n) is 27.0. The van der Waals surface area contributed by atoms with Gasteiger partial charge in [0.2, 0.25) is 11.8 Å². The highest BCUT2D eigenvalue weighted by atomic mass is 32.1. The predicted molar refractivity (Wildman–Crippen MR) is 184 cm³/mol. The minimum atomic E-state index is -0.430. The summed E-state index contributed by atoms with van der Waals surface area (Å²) < 4.78 is 30.5. The molecule has 0 amide bonds. The zero-order chi connectivity index (χ0) is 33.5. The van der Waals surface area contributed by atoms with Crippen LogP contribution in [0.3, 0.4) is 0 Å². The third-order valence-corrected chi connectivity index (χ3v) is 8.44. The number of benzene rings is 3. The van der Waals surface area contributed by atoms with E-state index >= 15 is 0 Å². The first-order valence-corrected chi connectivity index (χ1v) is 16.2. The lowest BCUT2D eigenvalue weighted by Crippen LogP contribution is -2.02. The second kappa shape index (κ2) is 14.8. The Balaban J connectivity index is 1.15. The molecule has 0 saturated carbocycles. The van der Waals surface area contributed by atoms with Crippen molar-refractivity contribution in [2.75, 3.05) is 14.2 Å². The summed E-state index contributed by atoms with van der Waals surface area (Å²) in [5.74, 6) is 2.16. The van der Waals surface area contributed by atoms with Crippen molar-refractivity contribution in [3.05, 3.63) is 123 Å². The molecule has 0 aliphatic rings. The maximum absolute atomic E-state index is 12.0. The van der Waals surface area contributed by atoms with Gasteiger partial charge in [0.05, 0.1) is 41.7 Å². The van der Waals surface area contributed by atoms with Crippen molar-refractivity contribution in [2.24, 2.45) is 0 Å². The number of methoxy groups -OCH3 is 2. The highest BCUT2D eigenvalue weighted by Crippen LogP contribution is 2.31. The van der Waals surface area contributed by atoms with Crippen LogP contribution in [-0.2, 0) is 24.4 Å². The summed E-state index contributed by atoms with van der Waals surface area (Å²) in [5, 5.41) is 7.87. The Labute approximate surface area is 282 Å². The number of rotatable bonds is 13. The quantitative estimate of drug-likeness (QED) is 0.114. The van der Waals surface area contributed by atoms with Gasteiger partial charge in [0.15, 0.2) is 11.5 Å². The molecule has 3 aromatic carbocycles. The molecule has 0 N–H and O–H groups in total. The molecular formula is C37H34N4O6S. The Kier molecular flexibility index (Phi) is 9.96. The molecular weight excluding hydrogens is 628 g/mol. The molecule has 0 fully saturated rings. The molecule has 0 aliphatic heterocycles. The normalized spacial score (nSPS) is 11.2. The van der Waals surface area contributed by atoms with E-state index in [-0.39, 0.29) is 13.2 Å². The molecule has 11 heteroatoms. The highest BCUT2D eigenvalue weighted by molar-refractivity contribution is 7.09. The van der Waals surface area contributed by atoms with Crippen LogP contribution in [0.1, 0.15) is 50.6 Å². The molecule has 0 bridgehead atoms. The van der Waals surface area contributed by atoms with E-state index in [0.717, 1.165) is 33.9 Å². The van der Waals surface area contributed by atoms with E-state index in [1.807, 2.05) is 85.2 Å². The van der Waals surface area contributed by atoms with Crippen LogP contribution in [0.15, 0.2) is 88.8 Å². The first-order chi connectivity index (χ1) is 23.4. The van der Waals surface area contributed by atoms with Crippen molar-refractivity contribution in [2.45, 2.75) is 33.5 Å². The van der Waals surface area contributed by atoms with E-state index in [1.165, 1.54) is 7.11 Å². The van der Waals surface area contributed by atoms with Crippen LogP contribution < -0.4 is 14.2 Å². The number of aryl methyl sites for hydroxylation is 2. The van der Waals surface area contributed by atoms with Gasteiger partial charge >= 0.3 is 5.97 Å². The van der Waals surface area contributed by atoms with Gasteiger partial charge in [0.25, 0.3) is 0 Å². The minimum Gasteiger partial charge on any atom is -0.493 e. The van der Waals surface area contributed by atoms with Crippen LogP contribution in [0.4, 0.5) is 0 Å². The molecule has 0 spiro atoms. The van der Waals surface area contributed by atoms with Gasteiger partial charge in [-0.15, -0.1) is 16.4 Å². The first kappa shape index (κ1) is 32.3. The predicted octanol–water partition coefficient (Wildman–Crippen LogP) is 7.98. The maximum Gasteiger partial charge on any atom is 0.337 e. The fourth-order valence-corrected chi connectivity index (χ4v) is 5.56. The number of oxazole rings is 1. The molecule has 10 nitrogen and oxygen atoms in total. The highest BCUT2D eigenvalue weighted by Gasteiger charge is 2.16. The standard InChI is InChI=1S/C37H34N4O6S/c1-5-34-38-29(23-48-34)16-15-28-20-41(30-12-7-6-8-13-30)40-36(28)46-21-25-14-17-32(33(18-25)43-3)45-22-31-24(2)47-35(39-31)26-10-9-11-27(19-26)37(42)44-4/h6-20,23H,5,21-22H2,1-4H3. The molecule has 244 valence electrons. The van der Waals surface area contributed by atoms with Crippen molar-refractivity contribution in [1.29, 1.82) is 0 Å². The third-order valence-electron chi connectivity index (χ3n) is 7.42. The summed E-state index contributed by atoms with van der Waals surface area (Å²) >= 11 is 1.65. The van der Waals surface area contributed by atoms with E-state index in [2.05, 4.69) is 16.9 Å². The van der Waals surface area contributed by atoms with Crippen molar-refractivity contribution < 1.29 is 28.2 Å². The second-order valence-electron chi connectivity index (χ2n) is 10.7. The van der Waals surface area contributed by atoms with Gasteiger partial charge in [-0.1, -0.05) is 37.3 Å². The number of carbonyl (C=O) groups is 1. The Morgan fingerprint density at radius 3 is 2.56 bits per heavy atom. The molecule has 0 aliphatic carbocycles. The van der Waals surface area contributed by atoms with E-state index in [4.69, 9.17) is 28.5 Å². The lowest BCUT2D eigenvalue weighted by molar-refractivity contribution is 0.0600. The average molecular weight is 663 g/mol. The van der Waals surface area contributed by atoms with Crippen LogP contribution >= 0.6 is 11.3 Å². The van der Waals surface area contributed by atoms with Gasteiger partial charge in [0.1, 0.15) is 24.7 Å². The van der Waals surface area contributed by atoms with Crippen molar-refractivity contribution in [3.8, 4) is 34.5 Å². The molecule has 6 rings (SSSR count). The number of hydrogen-bond acceptors (Lipinski definition) is 10. The largest absolute Gasteiger partial charge is 0.493 e. The molecule has 0 radical (unpaired) electrons. The Morgan fingerprint density at radius 1 is 0.938 bits per heavy atom. The number of thiazole rings is 1. The lowest BCUT2D eigenvalue weighted by atomic mass is 10.1. The number of esters is 1. The van der Waals surface area contributed by atoms with Gasteiger partial charge in [-0.3, -0.25) is 0 Å². The van der Waals surface area contributed by atoms with E-state index in [9.17, 15) is 4.79 Å². The summed E-state index contributed by atoms with van der Waals surface area (Å²) in [4.78, 5) is 21.2. The molecule has 0 atom stereocenters. The summed E-state index contributed by atoms with van der Waals surface area (Å²) in [7, 11) is 2.93. The number of aromatic nitrogens is 4. The SMILES string of the molecule is CCc1nc(C=Cc2cn(-c3ccccc3)nc2OCc2ccc(OCc3nc(-c4cccc(C(=O)OC)c4)oc3C)c(OC)c2)cs1. The Morgan fingerprint density at radius 2 is 1.79 bits per heavy atom. The average Bonchev–Trinajstić information content (AvgIpc) is 3.87. The maximum atomic E-state index is 12.0. The van der Waals surface area contributed by atoms with Crippen LogP contribution in [0.25, 0.3) is 29.3 Å². The molecule has 6 aromatic rings. The van der Waals surface area contributed by atoms with Crippen molar-refractivity contribution in [3.63, 3.8) is 0 Å². The van der Waals surface area contributed by atoms with Crippen LogP contribution in [0.2, 0.25) is 0 Å². The van der Waals surface area contributed by atoms with E-state index < -0.39 is 5.97 Å². The summed E-state index contributed by atoms with van der Waals surface area (Å²) in [6.07, 6.45) is 6.80. The van der Waals surface area contributed by atoms with Crippen LogP contribution in [-0.4, -0.2) is 39.9 Å². The zero-order valence-corrected chi connectivity index (χ0v) is 27.8. The molecule has 3 aromatic heterocycles. The van der Waals surface area contributed by atoms with E-state index in [1.54, 1.807) is 41.3 Å². The van der Waals surface area contributed by atoms with Crippen LogP contribution in [0, 0.1) is 6.92 Å². The lowest BCUT2D eigenvalue weighted by Gasteiger charge is -2.12. The molecule has 48 heavy (non-hydrogen) atoms. The summed E-state index contributed by atoms with van der Waals surface area (Å²) in [6.45, 7) is 4.33. The van der Waals surface area contributed by atoms with E-state index in [0.29, 0.717) is 45.9 Å². The van der Waals surface area contributed by atoms with Gasteiger partial charge < -0.3 is 23.4 Å². The van der Waals surface area contributed by atoms with Crippen LogP contribution in [0.5, 0.6) is 17.4 Å². The van der Waals surface area contributed by atoms with Gasteiger partial charge in [-0.05, 0) is 73.5 Å². The topological polar surface area (TPSA) is 111 Å². The molecule has 0 saturated heterocycles. The van der Waals surface area contributed by atoms with Gasteiger partial charge in [0, 0.05) is 17.1 Å². The fraction of sp³-hybridized carbons (Fsp3) is 0.189. The number of ether oxygens (including phenoxy) is 4. The monoisotopic (exact) mass is 662 g/mol. The molecule has 0 unspecified atom stereocenters. The first-order valence-electron chi connectivity index (χ1n) is 15.3. The number of carbonyl (C=O) groups excluding carboxylic acids is 1. The third kappa shape index (κ3) is 7.48. The number of hydrogen-bond donors (Lipinski definition) is 0. The van der Waals surface area contributed by atoms with Gasteiger partial charge in [-0.2, -0.15) is 0 Å². The Hall–Kier alpha value is -5.68. The smallest absolute Gasteiger partial charge is 0.337 e. The number of nitrogens with zero attached hydrogens (tertiary/aromatic N) is 4.